The molecule has 11 rings (SSSR count). The van der Waals surface area contributed by atoms with Crippen LogP contribution in [0.3, 0.4) is 0 Å². The summed E-state index contributed by atoms with van der Waals surface area (Å²) in [6.07, 6.45) is 0. The number of aromatic nitrogens is 2. The van der Waals surface area contributed by atoms with Crippen molar-refractivity contribution in [1.29, 1.82) is 0 Å². The summed E-state index contributed by atoms with van der Waals surface area (Å²) in [6.45, 7) is 0. The molecule has 0 aliphatic rings. The van der Waals surface area contributed by atoms with E-state index >= 15 is 0 Å². The Labute approximate surface area is 276 Å². The fourth-order valence-corrected chi connectivity index (χ4v) is 8.46. The normalized spacial score (nSPS) is 12.2. The first-order valence-electron chi connectivity index (χ1n) is 16.6. The van der Waals surface area contributed by atoms with Gasteiger partial charge in [-0.2, -0.15) is 0 Å². The van der Waals surface area contributed by atoms with Crippen LogP contribution in [0.5, 0.6) is 0 Å². The molecule has 222 valence electrons. The molecule has 11 aromatic rings. The molecular weight excluding hydrogens is 581 g/mol. The van der Waals surface area contributed by atoms with E-state index in [1.54, 1.807) is 0 Å². The van der Waals surface area contributed by atoms with E-state index < -0.39 is 0 Å². The summed E-state index contributed by atoms with van der Waals surface area (Å²) in [4.78, 5) is 0. The van der Waals surface area contributed by atoms with Crippen molar-refractivity contribution in [2.45, 2.75) is 0 Å². The number of hydrogen-bond acceptors (Lipinski definition) is 0. The quantitative estimate of drug-likeness (QED) is 0.189. The average molecular weight is 609 g/mol. The predicted molar refractivity (Wildman–Crippen MR) is 204 cm³/mol. The molecule has 0 unspecified atom stereocenters. The third-order valence-electron chi connectivity index (χ3n) is 10.4. The summed E-state index contributed by atoms with van der Waals surface area (Å²) in [6, 6.07) is 62.4. The van der Waals surface area contributed by atoms with Crippen LogP contribution in [-0.2, 0) is 0 Å². The summed E-state index contributed by atoms with van der Waals surface area (Å²) in [5.74, 6) is 0. The van der Waals surface area contributed by atoms with Gasteiger partial charge in [0.2, 0.25) is 0 Å². The van der Waals surface area contributed by atoms with Gasteiger partial charge in [-0.05, 0) is 63.4 Å². The van der Waals surface area contributed by atoms with Crippen molar-refractivity contribution in [2.75, 3.05) is 0 Å². The molecule has 0 amide bonds. The Morgan fingerprint density at radius 2 is 0.958 bits per heavy atom. The molecule has 0 saturated carbocycles. The zero-order chi connectivity index (χ0) is 31.3. The SMILES string of the molecule is c1ccc(-c2ccccc2-c2cccc(-n3c4cccc5c6ccc7ccccc7c6n6c7ccccc7c7ccc3c(c54)c76)c2)cc1. The van der Waals surface area contributed by atoms with Crippen LogP contribution in [0.15, 0.2) is 170 Å². The van der Waals surface area contributed by atoms with E-state index in [0.29, 0.717) is 0 Å². The third-order valence-corrected chi connectivity index (χ3v) is 10.4. The fraction of sp³-hybridized carbons (Fsp3) is 0. The van der Waals surface area contributed by atoms with E-state index in [-0.39, 0.29) is 0 Å². The van der Waals surface area contributed by atoms with Crippen LogP contribution in [0, 0.1) is 0 Å². The Hall–Kier alpha value is -6.38. The van der Waals surface area contributed by atoms with E-state index in [1.165, 1.54) is 92.9 Å². The molecule has 8 aromatic carbocycles. The van der Waals surface area contributed by atoms with Gasteiger partial charge in [-0.3, -0.25) is 0 Å². The fourth-order valence-electron chi connectivity index (χ4n) is 8.46. The molecule has 0 aliphatic heterocycles. The molecule has 0 atom stereocenters. The molecule has 0 bridgehead atoms. The summed E-state index contributed by atoms with van der Waals surface area (Å²) in [5, 5.41) is 10.3. The van der Waals surface area contributed by atoms with Crippen molar-refractivity contribution < 1.29 is 0 Å². The van der Waals surface area contributed by atoms with Crippen molar-refractivity contribution in [3.63, 3.8) is 0 Å². The zero-order valence-corrected chi connectivity index (χ0v) is 26.1. The predicted octanol–water partition coefficient (Wildman–Crippen LogP) is 12.4. The van der Waals surface area contributed by atoms with E-state index in [1.807, 2.05) is 0 Å². The highest BCUT2D eigenvalue weighted by atomic mass is 15.0. The maximum absolute atomic E-state index is 2.56. The third kappa shape index (κ3) is 3.36. The largest absolute Gasteiger partial charge is 0.309 e. The highest BCUT2D eigenvalue weighted by Gasteiger charge is 2.23. The maximum atomic E-state index is 2.56. The smallest absolute Gasteiger partial charge is 0.0642 e. The number of benzene rings is 8. The second kappa shape index (κ2) is 9.57. The van der Waals surface area contributed by atoms with Crippen LogP contribution in [0.1, 0.15) is 0 Å². The summed E-state index contributed by atoms with van der Waals surface area (Å²) >= 11 is 0. The van der Waals surface area contributed by atoms with E-state index in [2.05, 4.69) is 179 Å². The molecule has 2 nitrogen and oxygen atoms in total. The highest BCUT2D eigenvalue weighted by Crippen LogP contribution is 2.46. The highest BCUT2D eigenvalue weighted by molar-refractivity contribution is 6.34. The lowest BCUT2D eigenvalue weighted by Gasteiger charge is -2.14. The van der Waals surface area contributed by atoms with Gasteiger partial charge < -0.3 is 8.97 Å². The molecule has 0 spiro atoms. The molecule has 2 heteroatoms. The first kappa shape index (κ1) is 25.8. The molecule has 0 aliphatic carbocycles. The maximum Gasteiger partial charge on any atom is 0.0642 e. The molecule has 3 heterocycles. The topological polar surface area (TPSA) is 9.34 Å². The van der Waals surface area contributed by atoms with Gasteiger partial charge in [-0.25, -0.2) is 0 Å². The molecule has 3 aromatic heterocycles. The van der Waals surface area contributed by atoms with Crippen LogP contribution in [0.4, 0.5) is 0 Å². The summed E-state index contributed by atoms with van der Waals surface area (Å²) in [7, 11) is 0. The number of hydrogen-bond donors (Lipinski definition) is 0. The van der Waals surface area contributed by atoms with Gasteiger partial charge in [-0.15, -0.1) is 0 Å². The molecular formula is C46H28N2. The standard InChI is InChI=1S/C46H28N2/c1-2-12-29(13-3-1)33-17-6-7-18-34(33)31-15-10-16-32(28-31)47-41-23-11-21-37-39-25-24-30-14-4-5-19-35(30)45(39)48-40-22-9-8-20-36(40)38-26-27-42(47)44(43(37)41)46(38)48/h1-28H. The van der Waals surface area contributed by atoms with Gasteiger partial charge in [0.15, 0.2) is 0 Å². The van der Waals surface area contributed by atoms with Gasteiger partial charge in [-0.1, -0.05) is 140 Å². The minimum atomic E-state index is 1.16. The van der Waals surface area contributed by atoms with Crippen molar-refractivity contribution in [1.82, 2.24) is 8.97 Å². The van der Waals surface area contributed by atoms with Crippen molar-refractivity contribution in [2.24, 2.45) is 0 Å². The Morgan fingerprint density at radius 3 is 1.85 bits per heavy atom. The Bertz CT molecular complexity index is 3050. The molecule has 0 radical (unpaired) electrons. The van der Waals surface area contributed by atoms with Gasteiger partial charge in [0, 0.05) is 38.0 Å². The van der Waals surface area contributed by atoms with Crippen molar-refractivity contribution >= 4 is 70.7 Å². The Morgan fingerprint density at radius 1 is 0.333 bits per heavy atom. The van der Waals surface area contributed by atoms with E-state index in [4.69, 9.17) is 0 Å². The second-order valence-corrected chi connectivity index (χ2v) is 12.9. The number of nitrogens with zero attached hydrogens (tertiary/aromatic N) is 2. The number of fused-ring (bicyclic) bond motifs is 8. The molecule has 48 heavy (non-hydrogen) atoms. The summed E-state index contributed by atoms with van der Waals surface area (Å²) in [5.41, 5.74) is 12.3. The number of para-hydroxylation sites is 1. The van der Waals surface area contributed by atoms with Crippen LogP contribution >= 0.6 is 0 Å². The van der Waals surface area contributed by atoms with Crippen molar-refractivity contribution in [3.8, 4) is 27.9 Å². The zero-order valence-electron chi connectivity index (χ0n) is 26.1. The minimum Gasteiger partial charge on any atom is -0.309 e. The Kier molecular flexibility index (Phi) is 5.14. The van der Waals surface area contributed by atoms with Gasteiger partial charge in [0.05, 0.1) is 27.6 Å². The van der Waals surface area contributed by atoms with Gasteiger partial charge in [0.1, 0.15) is 0 Å². The van der Waals surface area contributed by atoms with E-state index in [0.717, 1.165) is 5.69 Å². The molecule has 0 saturated heterocycles. The molecule has 0 fully saturated rings. The van der Waals surface area contributed by atoms with Crippen LogP contribution < -0.4 is 0 Å². The first-order chi connectivity index (χ1) is 23.8. The lowest BCUT2D eigenvalue weighted by atomic mass is 9.94. The Balaban J connectivity index is 1.30. The van der Waals surface area contributed by atoms with E-state index in [9.17, 15) is 0 Å². The van der Waals surface area contributed by atoms with Gasteiger partial charge >= 0.3 is 0 Å². The lowest BCUT2D eigenvalue weighted by molar-refractivity contribution is 1.18. The number of rotatable bonds is 3. The van der Waals surface area contributed by atoms with Crippen LogP contribution in [-0.4, -0.2) is 8.97 Å². The lowest BCUT2D eigenvalue weighted by Crippen LogP contribution is -1.95. The summed E-state index contributed by atoms with van der Waals surface area (Å²) < 4.78 is 5.04. The second-order valence-electron chi connectivity index (χ2n) is 12.9. The van der Waals surface area contributed by atoms with Crippen LogP contribution in [0.25, 0.3) is 98.6 Å². The van der Waals surface area contributed by atoms with Gasteiger partial charge in [0.25, 0.3) is 0 Å². The average Bonchev–Trinajstić information content (AvgIpc) is 3.63. The first-order valence-corrected chi connectivity index (χ1v) is 16.6. The van der Waals surface area contributed by atoms with Crippen LogP contribution in [0.2, 0.25) is 0 Å². The monoisotopic (exact) mass is 608 g/mol. The minimum absolute atomic E-state index is 1.16. The molecule has 0 N–H and O–H groups in total. The van der Waals surface area contributed by atoms with Crippen molar-refractivity contribution in [3.05, 3.63) is 170 Å².